The maximum Gasteiger partial charge on any atom is 0.240 e. The maximum absolute atomic E-state index is 5.88. The highest BCUT2D eigenvalue weighted by Crippen LogP contribution is 2.23. The first-order chi connectivity index (χ1) is 15.6. The number of ether oxygens (including phenoxy) is 2. The van der Waals surface area contributed by atoms with Crippen molar-refractivity contribution in [2.24, 2.45) is 0 Å². The third kappa shape index (κ3) is 5.43. The molecule has 0 atom stereocenters. The number of nitrogens with zero attached hydrogens (tertiary/aromatic N) is 4. The van der Waals surface area contributed by atoms with Gasteiger partial charge < -0.3 is 13.9 Å². The Kier molecular flexibility index (Phi) is 6.65. The fraction of sp³-hybridized carbons (Fsp3) is 0.240. The van der Waals surface area contributed by atoms with Crippen molar-refractivity contribution in [2.45, 2.75) is 33.4 Å². The molecule has 0 N–H and O–H groups in total. The first-order valence-corrected chi connectivity index (χ1v) is 10.5. The summed E-state index contributed by atoms with van der Waals surface area (Å²) < 4.78 is 19.1. The molecule has 0 unspecified atom stereocenters. The van der Waals surface area contributed by atoms with Crippen molar-refractivity contribution in [3.63, 3.8) is 0 Å². The molecule has 7 heteroatoms. The van der Waals surface area contributed by atoms with E-state index in [0.29, 0.717) is 31.4 Å². The van der Waals surface area contributed by atoms with E-state index in [1.165, 1.54) is 0 Å². The first-order valence-electron chi connectivity index (χ1n) is 10.5. The third-order valence-corrected chi connectivity index (χ3v) is 4.98. The summed E-state index contributed by atoms with van der Waals surface area (Å²) in [5.41, 5.74) is 4.06. The zero-order valence-electron chi connectivity index (χ0n) is 18.5. The van der Waals surface area contributed by atoms with E-state index in [9.17, 15) is 0 Å². The molecule has 2 aromatic heterocycles. The Hall–Kier alpha value is -3.87. The summed E-state index contributed by atoms with van der Waals surface area (Å²) in [5, 5.41) is 12.7. The number of aromatic nitrogens is 4. The van der Waals surface area contributed by atoms with Gasteiger partial charge in [-0.15, -0.1) is 10.2 Å². The van der Waals surface area contributed by atoms with Crippen LogP contribution in [0, 0.1) is 13.8 Å². The molecule has 0 aliphatic heterocycles. The number of methoxy groups -OCH3 is 1. The second kappa shape index (κ2) is 9.96. The van der Waals surface area contributed by atoms with Gasteiger partial charge in [0.2, 0.25) is 11.8 Å². The van der Waals surface area contributed by atoms with Gasteiger partial charge in [0.1, 0.15) is 18.1 Å². The standard InChI is InChI=1S/C25H26N4O3/c1-18-15-19(2)29(28-18)14-13-25-27-26-24(32-25)12-10-20-9-11-23(30-3)21(16-20)17-31-22-7-5-4-6-8-22/h4-12,15-16H,13-14,17H2,1-3H3/b12-10-. The molecule has 7 nitrogen and oxygen atoms in total. The zero-order valence-corrected chi connectivity index (χ0v) is 18.5. The van der Waals surface area contributed by atoms with Gasteiger partial charge in [0.25, 0.3) is 0 Å². The molecule has 164 valence electrons. The van der Waals surface area contributed by atoms with Crippen LogP contribution >= 0.6 is 0 Å². The van der Waals surface area contributed by atoms with E-state index in [1.807, 2.05) is 79.2 Å². The lowest BCUT2D eigenvalue weighted by Gasteiger charge is -2.11. The van der Waals surface area contributed by atoms with Crippen LogP contribution in [0.15, 0.2) is 59.0 Å². The predicted molar refractivity (Wildman–Crippen MR) is 122 cm³/mol. The summed E-state index contributed by atoms with van der Waals surface area (Å²) >= 11 is 0. The van der Waals surface area contributed by atoms with E-state index in [0.717, 1.165) is 34.0 Å². The molecule has 0 bridgehead atoms. The van der Waals surface area contributed by atoms with E-state index in [2.05, 4.69) is 21.4 Å². The lowest BCUT2D eigenvalue weighted by atomic mass is 10.1. The van der Waals surface area contributed by atoms with Crippen LogP contribution in [-0.4, -0.2) is 27.1 Å². The van der Waals surface area contributed by atoms with Crippen LogP contribution in [0.25, 0.3) is 12.2 Å². The van der Waals surface area contributed by atoms with E-state index in [-0.39, 0.29) is 0 Å². The second-order valence-corrected chi connectivity index (χ2v) is 7.44. The summed E-state index contributed by atoms with van der Waals surface area (Å²) in [4.78, 5) is 0. The number of para-hydroxylation sites is 1. The lowest BCUT2D eigenvalue weighted by Crippen LogP contribution is -2.05. The Morgan fingerprint density at radius 3 is 2.59 bits per heavy atom. The van der Waals surface area contributed by atoms with E-state index < -0.39 is 0 Å². The van der Waals surface area contributed by atoms with Gasteiger partial charge >= 0.3 is 0 Å². The Bertz CT molecular complexity index is 1200. The molecular weight excluding hydrogens is 404 g/mol. The normalized spacial score (nSPS) is 11.2. The summed E-state index contributed by atoms with van der Waals surface area (Å²) in [7, 11) is 1.66. The maximum atomic E-state index is 5.88. The van der Waals surface area contributed by atoms with Gasteiger partial charge in [-0.25, -0.2) is 0 Å². The van der Waals surface area contributed by atoms with Crippen molar-refractivity contribution >= 4 is 12.2 Å². The van der Waals surface area contributed by atoms with E-state index in [1.54, 1.807) is 7.11 Å². The van der Waals surface area contributed by atoms with E-state index in [4.69, 9.17) is 13.9 Å². The number of aryl methyl sites for hydroxylation is 4. The van der Waals surface area contributed by atoms with Crippen LogP contribution in [0.3, 0.4) is 0 Å². The average Bonchev–Trinajstić information content (AvgIpc) is 3.40. The molecule has 0 aliphatic carbocycles. The minimum absolute atomic E-state index is 0.409. The van der Waals surface area contributed by atoms with Crippen molar-refractivity contribution in [3.8, 4) is 11.5 Å². The Balaban J connectivity index is 1.40. The van der Waals surface area contributed by atoms with E-state index >= 15 is 0 Å². The van der Waals surface area contributed by atoms with Crippen molar-refractivity contribution < 1.29 is 13.9 Å². The lowest BCUT2D eigenvalue weighted by molar-refractivity contribution is 0.296. The van der Waals surface area contributed by atoms with Gasteiger partial charge in [-0.1, -0.05) is 24.3 Å². The van der Waals surface area contributed by atoms with Crippen molar-refractivity contribution in [1.29, 1.82) is 0 Å². The summed E-state index contributed by atoms with van der Waals surface area (Å²) in [6.45, 7) is 5.13. The molecule has 2 heterocycles. The van der Waals surface area contributed by atoms with Crippen LogP contribution < -0.4 is 9.47 Å². The highest BCUT2D eigenvalue weighted by atomic mass is 16.5. The van der Waals surface area contributed by atoms with Gasteiger partial charge in [-0.05, 0) is 55.8 Å². The van der Waals surface area contributed by atoms with Crippen LogP contribution in [0.4, 0.5) is 0 Å². The number of hydrogen-bond donors (Lipinski definition) is 0. The molecule has 0 amide bonds. The second-order valence-electron chi connectivity index (χ2n) is 7.44. The molecule has 4 rings (SSSR count). The summed E-state index contributed by atoms with van der Waals surface area (Å²) in [5.74, 6) is 2.65. The van der Waals surface area contributed by atoms with Crippen molar-refractivity contribution in [3.05, 3.63) is 88.9 Å². The molecule has 2 aromatic carbocycles. The third-order valence-electron chi connectivity index (χ3n) is 4.98. The molecule has 32 heavy (non-hydrogen) atoms. The minimum Gasteiger partial charge on any atom is -0.496 e. The van der Waals surface area contributed by atoms with Gasteiger partial charge in [0.15, 0.2) is 0 Å². The monoisotopic (exact) mass is 430 g/mol. The largest absolute Gasteiger partial charge is 0.496 e. The number of hydrogen-bond acceptors (Lipinski definition) is 6. The molecule has 0 fully saturated rings. The highest BCUT2D eigenvalue weighted by molar-refractivity contribution is 5.67. The average molecular weight is 431 g/mol. The molecule has 0 aliphatic rings. The highest BCUT2D eigenvalue weighted by Gasteiger charge is 2.08. The van der Waals surface area contributed by atoms with Gasteiger partial charge in [-0.3, -0.25) is 4.68 Å². The Morgan fingerprint density at radius 1 is 1.00 bits per heavy atom. The summed E-state index contributed by atoms with van der Waals surface area (Å²) in [6.07, 6.45) is 4.37. The van der Waals surface area contributed by atoms with Gasteiger partial charge in [0, 0.05) is 30.3 Å². The first kappa shape index (κ1) is 21.4. The smallest absolute Gasteiger partial charge is 0.240 e. The topological polar surface area (TPSA) is 75.2 Å². The molecular formula is C25H26N4O3. The number of benzene rings is 2. The molecule has 0 radical (unpaired) electrons. The fourth-order valence-corrected chi connectivity index (χ4v) is 3.40. The fourth-order valence-electron chi connectivity index (χ4n) is 3.40. The van der Waals surface area contributed by atoms with Crippen LogP contribution in [0.5, 0.6) is 11.5 Å². The number of rotatable bonds is 9. The van der Waals surface area contributed by atoms with Crippen molar-refractivity contribution in [2.75, 3.05) is 7.11 Å². The van der Waals surface area contributed by atoms with Gasteiger partial charge in [-0.2, -0.15) is 5.10 Å². The SMILES string of the molecule is COc1ccc(/C=C\c2nnc(CCn3nc(C)cc3C)o2)cc1COc1ccccc1. The molecule has 0 saturated carbocycles. The summed E-state index contributed by atoms with van der Waals surface area (Å²) in [6, 6.07) is 17.7. The predicted octanol–water partition coefficient (Wildman–Crippen LogP) is 4.88. The quantitative estimate of drug-likeness (QED) is 0.377. The van der Waals surface area contributed by atoms with Crippen LogP contribution in [-0.2, 0) is 19.6 Å². The van der Waals surface area contributed by atoms with Crippen LogP contribution in [0.1, 0.15) is 34.3 Å². The van der Waals surface area contributed by atoms with Crippen LogP contribution in [0.2, 0.25) is 0 Å². The molecule has 4 aromatic rings. The molecule has 0 spiro atoms. The Labute approximate surface area is 187 Å². The molecule has 0 saturated heterocycles. The Morgan fingerprint density at radius 2 is 1.84 bits per heavy atom. The van der Waals surface area contributed by atoms with Gasteiger partial charge in [0.05, 0.1) is 12.8 Å². The zero-order chi connectivity index (χ0) is 22.3. The van der Waals surface area contributed by atoms with Crippen molar-refractivity contribution in [1.82, 2.24) is 20.0 Å². The minimum atomic E-state index is 0.409.